The molecule has 8 nitrogen and oxygen atoms in total. The number of carbonyl (C=O) groups excluding carboxylic acids is 3. The number of hydrogen-bond donors (Lipinski definition) is 2. The van der Waals surface area contributed by atoms with Crippen LogP contribution in [0.25, 0.3) is 0 Å². The fourth-order valence-corrected chi connectivity index (χ4v) is 4.29. The van der Waals surface area contributed by atoms with E-state index in [1.807, 2.05) is 0 Å². The lowest BCUT2D eigenvalue weighted by molar-refractivity contribution is -0.133. The Labute approximate surface area is 207 Å². The molecular formula is C26H24ClN3O5. The lowest BCUT2D eigenvalue weighted by Crippen LogP contribution is -2.45. The fourth-order valence-electron chi connectivity index (χ4n) is 4.06. The minimum absolute atomic E-state index is 0.458. The molecule has 180 valence electrons. The van der Waals surface area contributed by atoms with Crippen LogP contribution in [0.15, 0.2) is 66.7 Å². The molecule has 1 heterocycles. The fraction of sp³-hybridized carbons (Fsp3) is 0.192. The van der Waals surface area contributed by atoms with Gasteiger partial charge in [0.1, 0.15) is 18.0 Å². The summed E-state index contributed by atoms with van der Waals surface area (Å²) in [7, 11) is 3.08. The first-order valence-corrected chi connectivity index (χ1v) is 11.2. The molecule has 1 aliphatic heterocycles. The number of nitrogens with zero attached hydrogens (tertiary/aromatic N) is 1. The number of hydrogen-bond acceptors (Lipinski definition) is 5. The molecule has 4 amide bonds. The molecule has 0 aliphatic carbocycles. The number of carbonyl (C=O) groups is 3. The molecule has 2 N–H and O–H groups in total. The average molecular weight is 494 g/mol. The summed E-state index contributed by atoms with van der Waals surface area (Å²) in [4.78, 5) is 40.6. The predicted octanol–water partition coefficient (Wildman–Crippen LogP) is 4.10. The van der Waals surface area contributed by atoms with Crippen LogP contribution in [-0.4, -0.2) is 43.5 Å². The Morgan fingerprint density at radius 3 is 1.97 bits per heavy atom. The van der Waals surface area contributed by atoms with Gasteiger partial charge in [0.15, 0.2) is 5.54 Å². The van der Waals surface area contributed by atoms with E-state index in [2.05, 4.69) is 10.6 Å². The number of benzene rings is 3. The van der Waals surface area contributed by atoms with E-state index < -0.39 is 29.9 Å². The molecule has 0 unspecified atom stereocenters. The first-order valence-electron chi connectivity index (χ1n) is 10.8. The molecule has 1 saturated heterocycles. The van der Waals surface area contributed by atoms with Crippen molar-refractivity contribution < 1.29 is 23.9 Å². The highest BCUT2D eigenvalue weighted by Gasteiger charge is 2.54. The van der Waals surface area contributed by atoms with Gasteiger partial charge in [0.25, 0.3) is 5.91 Å². The zero-order valence-corrected chi connectivity index (χ0v) is 20.2. The largest absolute Gasteiger partial charge is 0.497 e. The highest BCUT2D eigenvalue weighted by atomic mass is 35.5. The number of ether oxygens (including phenoxy) is 2. The molecule has 0 atom stereocenters. The van der Waals surface area contributed by atoms with E-state index in [1.54, 1.807) is 87.9 Å². The van der Waals surface area contributed by atoms with Crippen LogP contribution in [-0.2, 0) is 15.1 Å². The van der Waals surface area contributed by atoms with Crippen LogP contribution < -0.4 is 20.1 Å². The Morgan fingerprint density at radius 2 is 1.49 bits per heavy atom. The van der Waals surface area contributed by atoms with Gasteiger partial charge in [-0.15, -0.1) is 0 Å². The van der Waals surface area contributed by atoms with E-state index >= 15 is 0 Å². The quantitative estimate of drug-likeness (QED) is 0.483. The molecule has 35 heavy (non-hydrogen) atoms. The SMILES string of the molecule is COc1ccc(C2(c3ccc(OC)cc3)NC(=O)N(CC(=O)Nc3ccc(Cl)cc3C)C2=O)cc1. The summed E-state index contributed by atoms with van der Waals surface area (Å²) in [6, 6.07) is 18.0. The summed E-state index contributed by atoms with van der Waals surface area (Å²) in [5, 5.41) is 6.10. The molecule has 0 spiro atoms. The number of halogens is 1. The number of nitrogens with one attached hydrogen (secondary N) is 2. The Bertz CT molecular complexity index is 1230. The second-order valence-corrected chi connectivity index (χ2v) is 8.47. The smallest absolute Gasteiger partial charge is 0.326 e. The van der Waals surface area contributed by atoms with E-state index in [9.17, 15) is 14.4 Å². The normalized spacial score (nSPS) is 14.5. The van der Waals surface area contributed by atoms with Crippen LogP contribution in [0, 0.1) is 6.92 Å². The first kappa shape index (κ1) is 24.1. The van der Waals surface area contributed by atoms with Gasteiger partial charge in [-0.1, -0.05) is 35.9 Å². The Hall–Kier alpha value is -4.04. The van der Waals surface area contributed by atoms with Gasteiger partial charge in [0.05, 0.1) is 14.2 Å². The van der Waals surface area contributed by atoms with Gasteiger partial charge in [0.2, 0.25) is 5.91 Å². The van der Waals surface area contributed by atoms with E-state index in [0.29, 0.717) is 33.3 Å². The molecule has 1 fully saturated rings. The predicted molar refractivity (Wildman–Crippen MR) is 132 cm³/mol. The number of methoxy groups -OCH3 is 2. The van der Waals surface area contributed by atoms with Gasteiger partial charge in [-0.2, -0.15) is 0 Å². The molecule has 9 heteroatoms. The molecule has 0 aromatic heterocycles. The maximum absolute atomic E-state index is 13.8. The third kappa shape index (κ3) is 4.52. The molecule has 3 aromatic rings. The van der Waals surface area contributed by atoms with E-state index in [1.165, 1.54) is 0 Å². The third-order valence-electron chi connectivity index (χ3n) is 5.92. The minimum Gasteiger partial charge on any atom is -0.497 e. The molecule has 4 rings (SSSR count). The third-order valence-corrected chi connectivity index (χ3v) is 6.15. The van der Waals surface area contributed by atoms with Gasteiger partial charge in [0, 0.05) is 10.7 Å². The Balaban J connectivity index is 1.67. The first-order chi connectivity index (χ1) is 16.8. The van der Waals surface area contributed by atoms with Gasteiger partial charge >= 0.3 is 6.03 Å². The van der Waals surface area contributed by atoms with Crippen molar-refractivity contribution in [1.29, 1.82) is 0 Å². The highest BCUT2D eigenvalue weighted by Crippen LogP contribution is 2.37. The lowest BCUT2D eigenvalue weighted by Gasteiger charge is -2.28. The van der Waals surface area contributed by atoms with Crippen molar-refractivity contribution in [3.63, 3.8) is 0 Å². The summed E-state index contributed by atoms with van der Waals surface area (Å²) in [6.45, 7) is 1.34. The topological polar surface area (TPSA) is 97.0 Å². The molecule has 1 aliphatic rings. The maximum atomic E-state index is 13.8. The summed E-state index contributed by atoms with van der Waals surface area (Å²) in [6.07, 6.45) is 0. The van der Waals surface area contributed by atoms with Crippen molar-refractivity contribution in [3.8, 4) is 11.5 Å². The maximum Gasteiger partial charge on any atom is 0.326 e. The molecule has 0 saturated carbocycles. The van der Waals surface area contributed by atoms with Crippen LogP contribution >= 0.6 is 11.6 Å². The average Bonchev–Trinajstić information content (AvgIpc) is 3.11. The molecule has 0 radical (unpaired) electrons. The van der Waals surface area contributed by atoms with E-state index in [0.717, 1.165) is 10.5 Å². The Morgan fingerprint density at radius 1 is 0.943 bits per heavy atom. The van der Waals surface area contributed by atoms with Crippen molar-refractivity contribution >= 4 is 35.1 Å². The number of rotatable bonds is 7. The van der Waals surface area contributed by atoms with Crippen molar-refractivity contribution in [2.75, 3.05) is 26.1 Å². The van der Waals surface area contributed by atoms with Crippen LogP contribution in [0.3, 0.4) is 0 Å². The summed E-state index contributed by atoms with van der Waals surface area (Å²) >= 11 is 5.98. The van der Waals surface area contributed by atoms with E-state index in [-0.39, 0.29) is 0 Å². The van der Waals surface area contributed by atoms with Crippen LogP contribution in [0.1, 0.15) is 16.7 Å². The molecule has 0 bridgehead atoms. The summed E-state index contributed by atoms with van der Waals surface area (Å²) in [5.74, 6) is 0.120. The van der Waals surface area contributed by atoms with Crippen molar-refractivity contribution in [2.45, 2.75) is 12.5 Å². The van der Waals surface area contributed by atoms with Crippen LogP contribution in [0.2, 0.25) is 5.02 Å². The second kappa shape index (κ2) is 9.68. The van der Waals surface area contributed by atoms with Crippen LogP contribution in [0.5, 0.6) is 11.5 Å². The highest BCUT2D eigenvalue weighted by molar-refractivity contribution is 6.30. The standard InChI is InChI=1S/C26H24ClN3O5/c1-16-14-19(27)8-13-22(16)28-23(31)15-30-24(32)26(29-25(30)33,17-4-9-20(34-2)10-5-17)18-6-11-21(35-3)12-7-18/h4-14H,15H2,1-3H3,(H,28,31)(H,29,33). The number of urea groups is 1. The monoisotopic (exact) mass is 493 g/mol. The zero-order chi connectivity index (χ0) is 25.2. The number of imide groups is 1. The summed E-state index contributed by atoms with van der Waals surface area (Å²) < 4.78 is 10.5. The number of aryl methyl sites for hydroxylation is 1. The minimum atomic E-state index is -1.52. The van der Waals surface area contributed by atoms with Crippen LogP contribution in [0.4, 0.5) is 10.5 Å². The lowest BCUT2D eigenvalue weighted by atomic mass is 9.82. The summed E-state index contributed by atoms with van der Waals surface area (Å²) in [5.41, 5.74) is 0.833. The van der Waals surface area contributed by atoms with Crippen molar-refractivity contribution in [2.24, 2.45) is 0 Å². The van der Waals surface area contributed by atoms with Gasteiger partial charge < -0.3 is 20.1 Å². The van der Waals surface area contributed by atoms with E-state index in [4.69, 9.17) is 21.1 Å². The number of anilines is 1. The Kier molecular flexibility index (Phi) is 6.66. The van der Waals surface area contributed by atoms with Gasteiger partial charge in [-0.05, 0) is 66.1 Å². The van der Waals surface area contributed by atoms with Crippen molar-refractivity contribution in [3.05, 3.63) is 88.4 Å². The zero-order valence-electron chi connectivity index (χ0n) is 19.4. The van der Waals surface area contributed by atoms with Crippen molar-refractivity contribution in [1.82, 2.24) is 10.2 Å². The van der Waals surface area contributed by atoms with Gasteiger partial charge in [-0.25, -0.2) is 4.79 Å². The molecule has 3 aromatic carbocycles. The number of amides is 4. The second-order valence-electron chi connectivity index (χ2n) is 8.04. The molecular weight excluding hydrogens is 470 g/mol. The van der Waals surface area contributed by atoms with Gasteiger partial charge in [-0.3, -0.25) is 14.5 Å².